The van der Waals surface area contributed by atoms with E-state index in [0.717, 1.165) is 5.56 Å². The first-order valence-corrected chi connectivity index (χ1v) is 6.88. The van der Waals surface area contributed by atoms with E-state index in [2.05, 4.69) is 4.18 Å². The van der Waals surface area contributed by atoms with Crippen LogP contribution in [-0.2, 0) is 14.3 Å². The Morgan fingerprint density at radius 1 is 1.00 bits per heavy atom. The van der Waals surface area contributed by atoms with E-state index in [1.807, 2.05) is 0 Å². The molecule has 0 aliphatic carbocycles. The standard InChI is InChI=1S/C9H9F3O3S.C2H3F3O/c1-7-2-4-8(5-3-7)16(13,14)15-6-9(10,11)12;3-2(4,5)1-6/h2-5H,6H2,1H3;6H,1H2. The molecule has 0 radical (unpaired) electrons. The number of aliphatic hydroxyl groups is 1. The molecular weight excluding hydrogens is 342 g/mol. The molecule has 4 nitrogen and oxygen atoms in total. The van der Waals surface area contributed by atoms with Crippen LogP contribution in [0.1, 0.15) is 5.56 Å². The molecule has 0 atom stereocenters. The molecular formula is C11H12F6O4S. The maximum atomic E-state index is 11.8. The highest BCUT2D eigenvalue weighted by Gasteiger charge is 2.31. The van der Waals surface area contributed by atoms with E-state index in [0.29, 0.717) is 0 Å². The Bertz CT molecular complexity index is 547. The van der Waals surface area contributed by atoms with Crippen molar-refractivity contribution in [2.24, 2.45) is 0 Å². The van der Waals surface area contributed by atoms with Crippen LogP contribution in [0.15, 0.2) is 29.2 Å². The first-order valence-electron chi connectivity index (χ1n) is 5.47. The molecule has 0 unspecified atom stereocenters. The largest absolute Gasteiger partial charge is 0.413 e. The maximum absolute atomic E-state index is 11.8. The zero-order valence-electron chi connectivity index (χ0n) is 11.1. The molecule has 22 heavy (non-hydrogen) atoms. The summed E-state index contributed by atoms with van der Waals surface area (Å²) < 4.78 is 93.3. The zero-order valence-corrected chi connectivity index (χ0v) is 11.9. The smallest absolute Gasteiger partial charge is 0.387 e. The van der Waals surface area contributed by atoms with Gasteiger partial charge in [-0.25, -0.2) is 0 Å². The molecule has 0 heterocycles. The number of hydrogen-bond acceptors (Lipinski definition) is 4. The van der Waals surface area contributed by atoms with E-state index in [4.69, 9.17) is 5.11 Å². The highest BCUT2D eigenvalue weighted by atomic mass is 32.2. The van der Waals surface area contributed by atoms with Crippen molar-refractivity contribution < 1.29 is 44.0 Å². The summed E-state index contributed by atoms with van der Waals surface area (Å²) >= 11 is 0. The first kappa shape index (κ1) is 20.7. The molecule has 1 aromatic carbocycles. The summed E-state index contributed by atoms with van der Waals surface area (Å²) in [6.45, 7) is -1.82. The van der Waals surface area contributed by atoms with Crippen molar-refractivity contribution in [2.45, 2.75) is 24.2 Å². The molecule has 0 amide bonds. The van der Waals surface area contributed by atoms with Crippen LogP contribution in [-0.4, -0.2) is 39.1 Å². The Kier molecular flexibility index (Phi) is 7.32. The third-order valence-corrected chi connectivity index (χ3v) is 3.14. The Morgan fingerprint density at radius 2 is 1.41 bits per heavy atom. The van der Waals surface area contributed by atoms with Gasteiger partial charge in [-0.3, -0.25) is 4.18 Å². The number of hydrogen-bond donors (Lipinski definition) is 1. The topological polar surface area (TPSA) is 63.6 Å². The first-order chi connectivity index (χ1) is 9.77. The molecule has 1 aromatic rings. The monoisotopic (exact) mass is 354 g/mol. The van der Waals surface area contributed by atoms with Crippen molar-refractivity contribution >= 4 is 10.1 Å². The minimum Gasteiger partial charge on any atom is -0.387 e. The number of aryl methyl sites for hydroxylation is 1. The van der Waals surface area contributed by atoms with Crippen LogP contribution in [0.2, 0.25) is 0 Å². The van der Waals surface area contributed by atoms with Crippen molar-refractivity contribution in [3.8, 4) is 0 Å². The van der Waals surface area contributed by atoms with Gasteiger partial charge in [-0.1, -0.05) is 17.7 Å². The number of benzene rings is 1. The van der Waals surface area contributed by atoms with Crippen molar-refractivity contribution in [3.05, 3.63) is 29.8 Å². The van der Waals surface area contributed by atoms with Gasteiger partial charge in [-0.2, -0.15) is 34.8 Å². The van der Waals surface area contributed by atoms with E-state index in [-0.39, 0.29) is 4.90 Å². The summed E-state index contributed by atoms with van der Waals surface area (Å²) in [5.41, 5.74) is 0.801. The summed E-state index contributed by atoms with van der Waals surface area (Å²) in [4.78, 5) is -0.289. The fourth-order valence-corrected chi connectivity index (χ4v) is 1.81. The molecule has 1 N–H and O–H groups in total. The number of halogens is 6. The van der Waals surface area contributed by atoms with Crippen LogP contribution >= 0.6 is 0 Å². The molecule has 11 heteroatoms. The Balaban J connectivity index is 0.000000626. The molecule has 1 rings (SSSR count). The van der Waals surface area contributed by atoms with Gasteiger partial charge in [-0.05, 0) is 19.1 Å². The molecule has 0 fully saturated rings. The van der Waals surface area contributed by atoms with E-state index in [1.54, 1.807) is 6.92 Å². The maximum Gasteiger partial charge on any atom is 0.413 e. The van der Waals surface area contributed by atoms with E-state index < -0.39 is 35.7 Å². The van der Waals surface area contributed by atoms with Crippen LogP contribution in [0.25, 0.3) is 0 Å². The van der Waals surface area contributed by atoms with Crippen molar-refractivity contribution in [1.29, 1.82) is 0 Å². The molecule has 0 saturated carbocycles. The van der Waals surface area contributed by atoms with Gasteiger partial charge in [0, 0.05) is 0 Å². The molecule has 0 spiro atoms. The number of rotatable bonds is 3. The van der Waals surface area contributed by atoms with Crippen molar-refractivity contribution in [1.82, 2.24) is 0 Å². The normalized spacial score (nSPS) is 12.5. The van der Waals surface area contributed by atoms with Gasteiger partial charge >= 0.3 is 12.4 Å². The molecule has 0 aliphatic rings. The predicted molar refractivity (Wildman–Crippen MR) is 63.5 cm³/mol. The van der Waals surface area contributed by atoms with Gasteiger partial charge in [0.05, 0.1) is 4.90 Å². The highest BCUT2D eigenvalue weighted by molar-refractivity contribution is 7.86. The Hall–Kier alpha value is -1.33. The Labute approximate surface area is 122 Å². The van der Waals surface area contributed by atoms with Crippen molar-refractivity contribution in [2.75, 3.05) is 13.2 Å². The fraction of sp³-hybridized carbons (Fsp3) is 0.455. The van der Waals surface area contributed by atoms with E-state index in [1.165, 1.54) is 24.3 Å². The molecule has 0 aliphatic heterocycles. The van der Waals surface area contributed by atoms with Gasteiger partial charge in [0.25, 0.3) is 10.1 Å². The minimum atomic E-state index is -4.67. The molecule has 128 valence electrons. The van der Waals surface area contributed by atoms with Gasteiger partial charge in [0.1, 0.15) is 6.61 Å². The minimum absolute atomic E-state index is 0.289. The highest BCUT2D eigenvalue weighted by Crippen LogP contribution is 2.19. The third kappa shape index (κ3) is 9.58. The number of aliphatic hydroxyl groups excluding tert-OH is 1. The van der Waals surface area contributed by atoms with Crippen molar-refractivity contribution in [3.63, 3.8) is 0 Å². The summed E-state index contributed by atoms with van der Waals surface area (Å²) in [6.07, 6.45) is -9.07. The van der Waals surface area contributed by atoms with E-state index in [9.17, 15) is 34.8 Å². The van der Waals surface area contributed by atoms with Gasteiger partial charge < -0.3 is 5.11 Å². The van der Waals surface area contributed by atoms with Crippen LogP contribution in [0, 0.1) is 6.92 Å². The average Bonchev–Trinajstić information content (AvgIpc) is 2.36. The lowest BCUT2D eigenvalue weighted by molar-refractivity contribution is -0.159. The summed E-state index contributed by atoms with van der Waals surface area (Å²) in [7, 11) is -4.33. The van der Waals surface area contributed by atoms with Gasteiger partial charge in [-0.15, -0.1) is 0 Å². The van der Waals surface area contributed by atoms with Crippen LogP contribution < -0.4 is 0 Å². The molecule has 0 aromatic heterocycles. The van der Waals surface area contributed by atoms with Crippen LogP contribution in [0.5, 0.6) is 0 Å². The average molecular weight is 354 g/mol. The summed E-state index contributed by atoms with van der Waals surface area (Å²) in [6, 6.07) is 5.34. The number of alkyl halides is 6. The van der Waals surface area contributed by atoms with E-state index >= 15 is 0 Å². The lowest BCUT2D eigenvalue weighted by Gasteiger charge is -2.08. The lowest BCUT2D eigenvalue weighted by Crippen LogP contribution is -2.20. The second kappa shape index (κ2) is 7.79. The van der Waals surface area contributed by atoms with Gasteiger partial charge in [0.15, 0.2) is 6.61 Å². The van der Waals surface area contributed by atoms with Crippen LogP contribution in [0.3, 0.4) is 0 Å². The third-order valence-electron chi connectivity index (χ3n) is 1.87. The predicted octanol–water partition coefficient (Wildman–Crippen LogP) is 2.80. The SMILES string of the molecule is Cc1ccc(S(=O)(=O)OCC(F)(F)F)cc1.OCC(F)(F)F. The quantitative estimate of drug-likeness (QED) is 0.670. The molecule has 0 bridgehead atoms. The second-order valence-electron chi connectivity index (χ2n) is 3.92. The second-order valence-corrected chi connectivity index (χ2v) is 5.53. The van der Waals surface area contributed by atoms with Crippen LogP contribution in [0.4, 0.5) is 26.3 Å². The lowest BCUT2D eigenvalue weighted by atomic mass is 10.2. The summed E-state index contributed by atoms with van der Waals surface area (Å²) in [5, 5.41) is 7.28. The fourth-order valence-electron chi connectivity index (χ4n) is 0.917. The van der Waals surface area contributed by atoms with Gasteiger partial charge in [0.2, 0.25) is 0 Å². The summed E-state index contributed by atoms with van der Waals surface area (Å²) in [5.74, 6) is 0. The molecule has 0 saturated heterocycles. The zero-order chi connectivity index (χ0) is 17.6. The Morgan fingerprint density at radius 3 is 1.73 bits per heavy atom.